The Hall–Kier alpha value is -0.220. The van der Waals surface area contributed by atoms with Gasteiger partial charge in [0.05, 0.1) is 12.0 Å². The largest absolute Gasteiger partial charge is 0.481 e. The maximum absolute atomic E-state index is 10.8. The predicted molar refractivity (Wildman–Crippen MR) is 55.1 cm³/mol. The first-order valence-electron chi connectivity index (χ1n) is 4.49. The van der Waals surface area contributed by atoms with Gasteiger partial charge in [-0.2, -0.15) is 12.6 Å². The zero-order valence-electron chi connectivity index (χ0n) is 8.10. The average molecular weight is 206 g/mol. The first-order chi connectivity index (χ1) is 5.97. The molecular weight excluding hydrogens is 188 g/mol. The number of carboxylic acid groups (broad SMARTS) is 1. The molecule has 0 fully saturated rings. The fraction of sp³-hybridized carbons (Fsp3) is 0.889. The minimum Gasteiger partial charge on any atom is -0.481 e. The third-order valence-electron chi connectivity index (χ3n) is 1.87. The van der Waals surface area contributed by atoms with Crippen LogP contribution < -0.4 is 0 Å². The Balaban J connectivity index is 4.02. The number of aliphatic carboxylic acids is 1. The number of aliphatic hydroxyl groups excluding tert-OH is 1. The summed E-state index contributed by atoms with van der Waals surface area (Å²) < 4.78 is 0. The summed E-state index contributed by atoms with van der Waals surface area (Å²) in [5.74, 6) is -0.605. The molecule has 4 heteroatoms. The van der Waals surface area contributed by atoms with Crippen LogP contribution in [0.4, 0.5) is 0 Å². The third kappa shape index (κ3) is 5.93. The number of carbonyl (C=O) groups is 1. The first-order valence-corrected chi connectivity index (χ1v) is 5.12. The van der Waals surface area contributed by atoms with Crippen molar-refractivity contribution in [2.45, 2.75) is 32.8 Å². The Kier molecular flexibility index (Phi) is 6.16. The SMILES string of the molecule is CC(C)C[C@H](C[C@@H](O)CS)C(=O)O. The Morgan fingerprint density at radius 1 is 1.38 bits per heavy atom. The molecule has 0 rings (SSSR count). The fourth-order valence-corrected chi connectivity index (χ4v) is 1.42. The molecule has 0 spiro atoms. The lowest BCUT2D eigenvalue weighted by Crippen LogP contribution is -2.23. The van der Waals surface area contributed by atoms with Crippen LogP contribution in [0.5, 0.6) is 0 Å². The minimum atomic E-state index is -0.825. The number of aliphatic hydroxyl groups is 1. The molecule has 2 atom stereocenters. The highest BCUT2D eigenvalue weighted by molar-refractivity contribution is 7.80. The normalized spacial score (nSPS) is 15.8. The second kappa shape index (κ2) is 6.27. The van der Waals surface area contributed by atoms with E-state index >= 15 is 0 Å². The van der Waals surface area contributed by atoms with Gasteiger partial charge in [-0.1, -0.05) is 13.8 Å². The van der Waals surface area contributed by atoms with Crippen LogP contribution in [-0.2, 0) is 4.79 Å². The highest BCUT2D eigenvalue weighted by atomic mass is 32.1. The van der Waals surface area contributed by atoms with Crippen molar-refractivity contribution in [2.24, 2.45) is 11.8 Å². The Bertz CT molecular complexity index is 159. The summed E-state index contributed by atoms with van der Waals surface area (Å²) in [4.78, 5) is 10.8. The summed E-state index contributed by atoms with van der Waals surface area (Å²) >= 11 is 3.91. The van der Waals surface area contributed by atoms with Gasteiger partial charge in [-0.3, -0.25) is 4.79 Å². The van der Waals surface area contributed by atoms with Crippen LogP contribution in [0.2, 0.25) is 0 Å². The molecule has 0 bridgehead atoms. The molecule has 0 aromatic rings. The number of hydrogen-bond acceptors (Lipinski definition) is 3. The lowest BCUT2D eigenvalue weighted by Gasteiger charge is -2.16. The monoisotopic (exact) mass is 206 g/mol. The maximum atomic E-state index is 10.8. The van der Waals surface area contributed by atoms with Gasteiger partial charge in [0, 0.05) is 5.75 Å². The minimum absolute atomic E-state index is 0.303. The summed E-state index contributed by atoms with van der Waals surface area (Å²) in [5.41, 5.74) is 0. The van der Waals surface area contributed by atoms with Crippen LogP contribution in [0.3, 0.4) is 0 Å². The molecule has 0 aliphatic carbocycles. The Morgan fingerprint density at radius 2 is 1.92 bits per heavy atom. The van der Waals surface area contributed by atoms with E-state index in [0.717, 1.165) is 0 Å². The molecule has 0 heterocycles. The van der Waals surface area contributed by atoms with E-state index in [0.29, 0.717) is 24.5 Å². The van der Waals surface area contributed by atoms with Crippen molar-refractivity contribution in [1.29, 1.82) is 0 Å². The van der Waals surface area contributed by atoms with E-state index in [-0.39, 0.29) is 0 Å². The molecule has 0 amide bonds. The van der Waals surface area contributed by atoms with E-state index in [1.54, 1.807) is 0 Å². The van der Waals surface area contributed by atoms with Gasteiger partial charge in [-0.25, -0.2) is 0 Å². The Labute approximate surface area is 84.6 Å². The molecule has 0 aromatic carbocycles. The maximum Gasteiger partial charge on any atom is 0.306 e. The molecule has 0 saturated carbocycles. The molecule has 0 aromatic heterocycles. The van der Waals surface area contributed by atoms with Crippen molar-refractivity contribution in [3.05, 3.63) is 0 Å². The molecule has 0 saturated heterocycles. The second-order valence-electron chi connectivity index (χ2n) is 3.74. The van der Waals surface area contributed by atoms with Crippen LogP contribution >= 0.6 is 12.6 Å². The van der Waals surface area contributed by atoms with Gasteiger partial charge < -0.3 is 10.2 Å². The molecule has 0 radical (unpaired) electrons. The van der Waals surface area contributed by atoms with E-state index in [2.05, 4.69) is 12.6 Å². The fourth-order valence-electron chi connectivity index (χ4n) is 1.27. The molecule has 2 N–H and O–H groups in total. The van der Waals surface area contributed by atoms with E-state index < -0.39 is 18.0 Å². The quantitative estimate of drug-likeness (QED) is 0.576. The van der Waals surface area contributed by atoms with Crippen LogP contribution in [-0.4, -0.2) is 28.0 Å². The van der Waals surface area contributed by atoms with Gasteiger partial charge in [0.2, 0.25) is 0 Å². The zero-order valence-corrected chi connectivity index (χ0v) is 9.00. The molecule has 78 valence electrons. The summed E-state index contributed by atoms with van der Waals surface area (Å²) in [6, 6.07) is 0. The molecule has 3 nitrogen and oxygen atoms in total. The molecule has 0 unspecified atom stereocenters. The summed E-state index contributed by atoms with van der Waals surface area (Å²) in [6.07, 6.45) is 0.306. The van der Waals surface area contributed by atoms with Crippen LogP contribution in [0, 0.1) is 11.8 Å². The topological polar surface area (TPSA) is 57.5 Å². The second-order valence-corrected chi connectivity index (χ2v) is 4.10. The van der Waals surface area contributed by atoms with E-state index in [9.17, 15) is 9.90 Å². The van der Waals surface area contributed by atoms with Crippen molar-refractivity contribution in [1.82, 2.24) is 0 Å². The Morgan fingerprint density at radius 3 is 2.23 bits per heavy atom. The van der Waals surface area contributed by atoms with Gasteiger partial charge in [-0.15, -0.1) is 0 Å². The predicted octanol–water partition coefficient (Wildman–Crippen LogP) is 1.41. The van der Waals surface area contributed by atoms with Crippen molar-refractivity contribution in [2.75, 3.05) is 5.75 Å². The third-order valence-corrected chi connectivity index (χ3v) is 2.29. The van der Waals surface area contributed by atoms with Crippen LogP contribution in [0.25, 0.3) is 0 Å². The summed E-state index contributed by atoms with van der Waals surface area (Å²) in [7, 11) is 0. The molecule has 0 aliphatic rings. The van der Waals surface area contributed by atoms with Gasteiger partial charge in [0.15, 0.2) is 0 Å². The summed E-state index contributed by atoms with van der Waals surface area (Å²) in [6.45, 7) is 3.95. The van der Waals surface area contributed by atoms with E-state index in [4.69, 9.17) is 5.11 Å². The van der Waals surface area contributed by atoms with Gasteiger partial charge in [0.25, 0.3) is 0 Å². The molecule has 0 aliphatic heterocycles. The summed E-state index contributed by atoms with van der Waals surface area (Å²) in [5, 5.41) is 18.1. The van der Waals surface area contributed by atoms with Crippen molar-refractivity contribution in [3.8, 4) is 0 Å². The van der Waals surface area contributed by atoms with E-state index in [1.807, 2.05) is 13.8 Å². The van der Waals surface area contributed by atoms with Crippen molar-refractivity contribution < 1.29 is 15.0 Å². The highest BCUT2D eigenvalue weighted by Gasteiger charge is 2.21. The number of thiol groups is 1. The number of rotatable bonds is 6. The number of carboxylic acids is 1. The van der Waals surface area contributed by atoms with Crippen LogP contribution in [0.15, 0.2) is 0 Å². The van der Waals surface area contributed by atoms with Gasteiger partial charge in [-0.05, 0) is 18.8 Å². The average Bonchev–Trinajstić information content (AvgIpc) is 2.02. The standard InChI is InChI=1S/C9H18O3S/c1-6(2)3-7(9(11)12)4-8(10)5-13/h6-8,10,13H,3-5H2,1-2H3,(H,11,12)/t7-,8-/m1/s1. The molecule has 13 heavy (non-hydrogen) atoms. The van der Waals surface area contributed by atoms with Crippen molar-refractivity contribution >= 4 is 18.6 Å². The van der Waals surface area contributed by atoms with Gasteiger partial charge >= 0.3 is 5.97 Å². The lowest BCUT2D eigenvalue weighted by molar-refractivity contribution is -0.143. The van der Waals surface area contributed by atoms with Crippen LogP contribution in [0.1, 0.15) is 26.7 Å². The van der Waals surface area contributed by atoms with Gasteiger partial charge in [0.1, 0.15) is 0 Å². The smallest absolute Gasteiger partial charge is 0.306 e. The lowest BCUT2D eigenvalue weighted by atomic mass is 9.92. The van der Waals surface area contributed by atoms with E-state index in [1.165, 1.54) is 0 Å². The zero-order chi connectivity index (χ0) is 10.4. The number of hydrogen-bond donors (Lipinski definition) is 3. The van der Waals surface area contributed by atoms with Crippen molar-refractivity contribution in [3.63, 3.8) is 0 Å². The first kappa shape index (κ1) is 12.8. The highest BCUT2D eigenvalue weighted by Crippen LogP contribution is 2.17. The molecular formula is C9H18O3S.